The zero-order valence-corrected chi connectivity index (χ0v) is 19.7. The first-order valence-corrected chi connectivity index (χ1v) is 11.2. The van der Waals surface area contributed by atoms with E-state index in [9.17, 15) is 19.5 Å². The van der Waals surface area contributed by atoms with Crippen LogP contribution < -0.4 is 11.2 Å². The summed E-state index contributed by atoms with van der Waals surface area (Å²) in [6, 6.07) is 13.7. The Balaban J connectivity index is 1.84. The Labute approximate surface area is 200 Å². The van der Waals surface area contributed by atoms with Gasteiger partial charge in [-0.3, -0.25) is 14.8 Å². The van der Waals surface area contributed by atoms with Crippen molar-refractivity contribution in [2.75, 3.05) is 7.11 Å². The molecule has 0 radical (unpaired) electrons. The molecule has 2 heterocycles. The van der Waals surface area contributed by atoms with Crippen molar-refractivity contribution >= 4 is 22.6 Å². The Hall–Kier alpha value is -4.40. The van der Waals surface area contributed by atoms with E-state index < -0.39 is 29.1 Å². The second kappa shape index (κ2) is 9.84. The van der Waals surface area contributed by atoms with Crippen LogP contribution in [0.5, 0.6) is 5.88 Å². The van der Waals surface area contributed by atoms with Gasteiger partial charge in [-0.2, -0.15) is 0 Å². The van der Waals surface area contributed by atoms with Crippen molar-refractivity contribution in [1.82, 2.24) is 14.5 Å². The number of aliphatic imine (C=N–C) groups is 1. The van der Waals surface area contributed by atoms with Gasteiger partial charge >= 0.3 is 11.7 Å². The fourth-order valence-corrected chi connectivity index (χ4v) is 4.17. The van der Waals surface area contributed by atoms with Crippen LogP contribution in [0.3, 0.4) is 0 Å². The monoisotopic (exact) mass is 474 g/mol. The Morgan fingerprint density at radius 3 is 2.57 bits per heavy atom. The number of rotatable bonds is 7. The van der Waals surface area contributed by atoms with Gasteiger partial charge in [-0.15, -0.1) is 0 Å². The van der Waals surface area contributed by atoms with Crippen LogP contribution in [0.25, 0.3) is 16.6 Å². The fourth-order valence-electron chi connectivity index (χ4n) is 4.17. The molecule has 4 rings (SSSR count). The number of fused-ring (bicyclic) bond motifs is 1. The lowest BCUT2D eigenvalue weighted by atomic mass is 10.0. The molecule has 180 valence electrons. The molecule has 0 amide bonds. The molecular weight excluding hydrogens is 448 g/mol. The number of aryl methyl sites for hydroxylation is 1. The molecular formula is C26H26N4O5. The summed E-state index contributed by atoms with van der Waals surface area (Å²) < 4.78 is 6.01. The van der Waals surface area contributed by atoms with E-state index >= 15 is 0 Å². The van der Waals surface area contributed by atoms with Gasteiger partial charge in [0.25, 0.3) is 5.56 Å². The van der Waals surface area contributed by atoms with Crippen molar-refractivity contribution in [3.05, 3.63) is 92.3 Å². The molecule has 0 spiro atoms. The molecule has 0 saturated carbocycles. The summed E-state index contributed by atoms with van der Waals surface area (Å²) in [5.74, 6) is -1.12. The number of nitrogens with one attached hydrogen (secondary N) is 2. The first-order chi connectivity index (χ1) is 16.8. The summed E-state index contributed by atoms with van der Waals surface area (Å²) >= 11 is 0. The first-order valence-electron chi connectivity index (χ1n) is 11.2. The number of H-pyrrole nitrogens is 2. The number of nitrogens with zero attached hydrogens (tertiary/aromatic N) is 2. The number of esters is 1. The minimum atomic E-state index is -0.966. The van der Waals surface area contributed by atoms with Gasteiger partial charge in [0.05, 0.1) is 18.5 Å². The average molecular weight is 475 g/mol. The van der Waals surface area contributed by atoms with Crippen LogP contribution in [0.2, 0.25) is 0 Å². The maximum atomic E-state index is 12.8. The second-order valence-electron chi connectivity index (χ2n) is 8.11. The number of benzene rings is 2. The summed E-state index contributed by atoms with van der Waals surface area (Å²) in [4.78, 5) is 48.1. The van der Waals surface area contributed by atoms with Crippen LogP contribution in [0, 0.1) is 6.92 Å². The molecule has 0 bridgehead atoms. The molecule has 0 fully saturated rings. The molecule has 0 aliphatic carbocycles. The van der Waals surface area contributed by atoms with Crippen LogP contribution in [-0.4, -0.2) is 44.5 Å². The molecule has 9 heteroatoms. The highest BCUT2D eigenvalue weighted by molar-refractivity contribution is 6.03. The van der Waals surface area contributed by atoms with Gasteiger partial charge in [-0.25, -0.2) is 14.2 Å². The van der Waals surface area contributed by atoms with Gasteiger partial charge in [0.1, 0.15) is 5.56 Å². The molecule has 2 aromatic heterocycles. The predicted molar refractivity (Wildman–Crippen MR) is 134 cm³/mol. The van der Waals surface area contributed by atoms with E-state index in [1.807, 2.05) is 30.5 Å². The van der Waals surface area contributed by atoms with Crippen LogP contribution in [0.15, 0.2) is 69.3 Å². The van der Waals surface area contributed by atoms with Gasteiger partial charge in [0.15, 0.2) is 6.04 Å². The third kappa shape index (κ3) is 4.52. The van der Waals surface area contributed by atoms with E-state index in [0.29, 0.717) is 5.69 Å². The zero-order chi connectivity index (χ0) is 25.1. The van der Waals surface area contributed by atoms with Gasteiger partial charge in [-0.05, 0) is 36.6 Å². The highest BCUT2D eigenvalue weighted by Crippen LogP contribution is 2.23. The summed E-state index contributed by atoms with van der Waals surface area (Å²) in [6.07, 6.45) is 2.25. The SMILES string of the molecule is CCC(=N[C@@H](Cc1c[nH]c2ccccc12)C(=O)OC)c1c(O)n(-c2ccccc2C)c(=O)[nH]c1=O. The molecule has 35 heavy (non-hydrogen) atoms. The maximum Gasteiger partial charge on any atom is 0.335 e. The normalized spacial score (nSPS) is 12.6. The Kier molecular flexibility index (Phi) is 6.68. The molecule has 0 saturated heterocycles. The number of carbonyl (C=O) groups is 1. The summed E-state index contributed by atoms with van der Waals surface area (Å²) in [7, 11) is 1.27. The summed E-state index contributed by atoms with van der Waals surface area (Å²) in [6.45, 7) is 3.54. The molecule has 3 N–H and O–H groups in total. The number of aromatic nitrogens is 3. The number of methoxy groups -OCH3 is 1. The quantitative estimate of drug-likeness (QED) is 0.280. The molecule has 0 unspecified atom stereocenters. The summed E-state index contributed by atoms with van der Waals surface area (Å²) in [5.41, 5.74) is 1.39. The molecule has 0 aliphatic heterocycles. The molecule has 4 aromatic rings. The van der Waals surface area contributed by atoms with E-state index in [0.717, 1.165) is 26.6 Å². The standard InChI is InChI=1S/C26H26N4O5/c1-4-18(22-23(31)29-26(34)30(24(22)32)21-12-8-5-9-15(21)2)28-20(25(33)35-3)13-16-14-27-19-11-7-6-10-17(16)19/h5-12,14,20,27,32H,4,13H2,1-3H3,(H,29,31,34)/t20-/m0/s1. The van der Waals surface area contributed by atoms with E-state index in [-0.39, 0.29) is 24.1 Å². The number of carbonyl (C=O) groups excluding carboxylic acids is 1. The van der Waals surface area contributed by atoms with Crippen molar-refractivity contribution in [2.45, 2.75) is 32.7 Å². The van der Waals surface area contributed by atoms with Gasteiger partial charge in [-0.1, -0.05) is 43.3 Å². The molecule has 9 nitrogen and oxygen atoms in total. The predicted octanol–water partition coefficient (Wildman–Crippen LogP) is 3.00. The van der Waals surface area contributed by atoms with Crippen LogP contribution in [-0.2, 0) is 16.0 Å². The second-order valence-corrected chi connectivity index (χ2v) is 8.11. The van der Waals surface area contributed by atoms with Crippen LogP contribution >= 0.6 is 0 Å². The van der Waals surface area contributed by atoms with Gasteiger partial charge in [0.2, 0.25) is 5.88 Å². The third-order valence-corrected chi connectivity index (χ3v) is 5.94. The van der Waals surface area contributed by atoms with E-state index in [2.05, 4.69) is 15.0 Å². The van der Waals surface area contributed by atoms with E-state index in [4.69, 9.17) is 4.74 Å². The smallest absolute Gasteiger partial charge is 0.335 e. The van der Waals surface area contributed by atoms with Crippen molar-refractivity contribution in [1.29, 1.82) is 0 Å². The number of aromatic amines is 2. The van der Waals surface area contributed by atoms with Crippen LogP contribution in [0.1, 0.15) is 30.0 Å². The third-order valence-electron chi connectivity index (χ3n) is 5.94. The average Bonchev–Trinajstić information content (AvgIpc) is 3.26. The van der Waals surface area contributed by atoms with Gasteiger partial charge in [0, 0.05) is 23.5 Å². The van der Waals surface area contributed by atoms with Crippen molar-refractivity contribution in [3.8, 4) is 11.6 Å². The largest absolute Gasteiger partial charge is 0.493 e. The maximum absolute atomic E-state index is 12.8. The van der Waals surface area contributed by atoms with Gasteiger partial charge < -0.3 is 14.8 Å². The number of hydrogen-bond donors (Lipinski definition) is 3. The van der Waals surface area contributed by atoms with Crippen molar-refractivity contribution in [2.24, 2.45) is 4.99 Å². The molecule has 1 atom stereocenters. The number of para-hydroxylation sites is 2. The number of ether oxygens (including phenoxy) is 1. The highest BCUT2D eigenvalue weighted by atomic mass is 16.5. The van der Waals surface area contributed by atoms with Crippen LogP contribution in [0.4, 0.5) is 0 Å². The number of hydrogen-bond acceptors (Lipinski definition) is 6. The lowest BCUT2D eigenvalue weighted by Crippen LogP contribution is -2.34. The van der Waals surface area contributed by atoms with Crippen molar-refractivity contribution < 1.29 is 14.6 Å². The summed E-state index contributed by atoms with van der Waals surface area (Å²) in [5, 5.41) is 12.0. The lowest BCUT2D eigenvalue weighted by Gasteiger charge is -2.16. The highest BCUT2D eigenvalue weighted by Gasteiger charge is 2.25. The Morgan fingerprint density at radius 1 is 1.14 bits per heavy atom. The first kappa shape index (κ1) is 23.7. The minimum Gasteiger partial charge on any atom is -0.493 e. The minimum absolute atomic E-state index is 0.164. The lowest BCUT2D eigenvalue weighted by molar-refractivity contribution is -0.142. The zero-order valence-electron chi connectivity index (χ0n) is 19.7. The Bertz CT molecular complexity index is 1540. The van der Waals surface area contributed by atoms with E-state index in [1.54, 1.807) is 38.1 Å². The Morgan fingerprint density at radius 2 is 1.86 bits per heavy atom. The topological polar surface area (TPSA) is 130 Å². The molecule has 0 aliphatic rings. The number of aromatic hydroxyl groups is 1. The fraction of sp³-hybridized carbons (Fsp3) is 0.231. The van der Waals surface area contributed by atoms with E-state index in [1.165, 1.54) is 7.11 Å². The van der Waals surface area contributed by atoms with Crippen molar-refractivity contribution in [3.63, 3.8) is 0 Å². The molecule has 2 aromatic carbocycles.